The van der Waals surface area contributed by atoms with E-state index in [0.717, 1.165) is 61.1 Å². The minimum atomic E-state index is 0.536. The summed E-state index contributed by atoms with van der Waals surface area (Å²) in [4.78, 5) is 10.3. The van der Waals surface area contributed by atoms with Crippen molar-refractivity contribution in [3.63, 3.8) is 0 Å². The molecule has 292 valence electrons. The molecule has 14 aromatic rings. The fraction of sp³-hybridized carbons (Fsp3) is 0. The van der Waals surface area contributed by atoms with Gasteiger partial charge in [0.15, 0.2) is 0 Å². The number of fused-ring (bicyclic) bond motifs is 14. The summed E-state index contributed by atoms with van der Waals surface area (Å²) >= 11 is 0. The molecule has 0 atom stereocenters. The van der Waals surface area contributed by atoms with Crippen LogP contribution in [0.2, 0.25) is 0 Å². The van der Waals surface area contributed by atoms with Gasteiger partial charge in [-0.1, -0.05) is 146 Å². The predicted molar refractivity (Wildman–Crippen MR) is 261 cm³/mol. The number of rotatable bonds is 4. The number of hydrogen-bond acceptors (Lipinski definition) is 3. The van der Waals surface area contributed by atoms with E-state index in [4.69, 9.17) is 14.4 Å². The molecule has 10 aromatic carbocycles. The van der Waals surface area contributed by atoms with Crippen molar-refractivity contribution in [2.45, 2.75) is 0 Å². The number of furan rings is 1. The van der Waals surface area contributed by atoms with E-state index >= 15 is 0 Å². The van der Waals surface area contributed by atoms with Gasteiger partial charge in [0.1, 0.15) is 11.1 Å². The number of nitrogens with zero attached hydrogens (tertiary/aromatic N) is 4. The molecule has 0 fully saturated rings. The molecule has 0 spiro atoms. The average Bonchev–Trinajstić information content (AvgIpc) is 4.00. The molecule has 14 rings (SSSR count). The second-order valence-electron chi connectivity index (χ2n) is 16.6. The number of aromatic nitrogens is 4. The van der Waals surface area contributed by atoms with Crippen LogP contribution in [0.15, 0.2) is 211 Å². The quantitative estimate of drug-likeness (QED) is 0.178. The SMILES string of the molecule is c1cc(-c2ccc3nc4oc5ccc(-c6cccc(-n7c8ccccc8c8ccc9ccccc9c87)c6)cc5c4nc3c2)cc(-n2c3ccccc3c3ccc4ccccc4c32)c1. The molecular formula is C58H34N4O. The Bertz CT molecular complexity index is 4220. The minimum absolute atomic E-state index is 0.536. The summed E-state index contributed by atoms with van der Waals surface area (Å²) in [5, 5.41) is 10.9. The van der Waals surface area contributed by atoms with Gasteiger partial charge in [0.2, 0.25) is 5.71 Å². The van der Waals surface area contributed by atoms with E-state index in [1.807, 2.05) is 6.07 Å². The van der Waals surface area contributed by atoms with Crippen LogP contribution >= 0.6 is 0 Å². The summed E-state index contributed by atoms with van der Waals surface area (Å²) in [6.45, 7) is 0. The fourth-order valence-corrected chi connectivity index (χ4v) is 10.2. The molecule has 0 amide bonds. The maximum atomic E-state index is 6.36. The molecule has 0 aliphatic carbocycles. The fourth-order valence-electron chi connectivity index (χ4n) is 10.2. The molecule has 0 unspecified atom stereocenters. The molecule has 5 heteroatoms. The van der Waals surface area contributed by atoms with Crippen LogP contribution in [0.3, 0.4) is 0 Å². The van der Waals surface area contributed by atoms with Gasteiger partial charge in [-0.15, -0.1) is 0 Å². The summed E-state index contributed by atoms with van der Waals surface area (Å²) in [5.74, 6) is 0. The summed E-state index contributed by atoms with van der Waals surface area (Å²) < 4.78 is 11.2. The van der Waals surface area contributed by atoms with Crippen LogP contribution in [-0.2, 0) is 0 Å². The van der Waals surface area contributed by atoms with Gasteiger partial charge in [-0.2, -0.15) is 0 Å². The van der Waals surface area contributed by atoms with Crippen molar-refractivity contribution in [1.29, 1.82) is 0 Å². The Labute approximate surface area is 360 Å². The van der Waals surface area contributed by atoms with Crippen molar-refractivity contribution < 1.29 is 4.42 Å². The van der Waals surface area contributed by atoms with Gasteiger partial charge in [-0.25, -0.2) is 9.97 Å². The van der Waals surface area contributed by atoms with Crippen molar-refractivity contribution in [2.75, 3.05) is 0 Å². The maximum absolute atomic E-state index is 6.36. The van der Waals surface area contributed by atoms with E-state index in [-0.39, 0.29) is 0 Å². The zero-order valence-corrected chi connectivity index (χ0v) is 33.8. The van der Waals surface area contributed by atoms with Crippen molar-refractivity contribution in [3.05, 3.63) is 206 Å². The molecule has 0 aliphatic rings. The van der Waals surface area contributed by atoms with Crippen LogP contribution in [0.25, 0.3) is 132 Å². The highest BCUT2D eigenvalue weighted by Gasteiger charge is 2.19. The summed E-state index contributed by atoms with van der Waals surface area (Å²) in [7, 11) is 0. The van der Waals surface area contributed by atoms with E-state index in [0.29, 0.717) is 5.71 Å². The highest BCUT2D eigenvalue weighted by molar-refractivity contribution is 6.20. The Hall–Kier alpha value is -8.54. The Balaban J connectivity index is 0.885. The predicted octanol–water partition coefficient (Wildman–Crippen LogP) is 15.4. The lowest BCUT2D eigenvalue weighted by atomic mass is 10.0. The molecule has 4 aromatic heterocycles. The minimum Gasteiger partial charge on any atom is -0.436 e. The third kappa shape index (κ3) is 5.05. The normalized spacial score (nSPS) is 12.1. The third-order valence-electron chi connectivity index (χ3n) is 13.1. The lowest BCUT2D eigenvalue weighted by molar-refractivity contribution is 0.655. The van der Waals surface area contributed by atoms with Gasteiger partial charge < -0.3 is 13.6 Å². The molecule has 0 radical (unpaired) electrons. The van der Waals surface area contributed by atoms with Crippen LogP contribution in [0, 0.1) is 0 Å². The Morgan fingerprint density at radius 3 is 1.48 bits per heavy atom. The van der Waals surface area contributed by atoms with Crippen LogP contribution in [0.4, 0.5) is 0 Å². The monoisotopic (exact) mass is 802 g/mol. The molecule has 4 heterocycles. The molecule has 5 nitrogen and oxygen atoms in total. The molecule has 0 N–H and O–H groups in total. The lowest BCUT2D eigenvalue weighted by Gasteiger charge is -2.12. The van der Waals surface area contributed by atoms with Gasteiger partial charge in [0.05, 0.1) is 33.1 Å². The third-order valence-corrected chi connectivity index (χ3v) is 13.1. The first kappa shape index (κ1) is 34.2. The van der Waals surface area contributed by atoms with Gasteiger partial charge in [-0.3, -0.25) is 0 Å². The van der Waals surface area contributed by atoms with Crippen molar-refractivity contribution in [2.24, 2.45) is 0 Å². The number of benzene rings is 10. The zero-order valence-electron chi connectivity index (χ0n) is 33.8. The molecular weight excluding hydrogens is 769 g/mol. The first-order valence-corrected chi connectivity index (χ1v) is 21.4. The van der Waals surface area contributed by atoms with Crippen LogP contribution in [-0.4, -0.2) is 19.1 Å². The first-order valence-electron chi connectivity index (χ1n) is 21.4. The van der Waals surface area contributed by atoms with Gasteiger partial charge in [0.25, 0.3) is 0 Å². The standard InChI is InChI=1S/C58H34N4O/c1-3-17-43-35(11-1)23-27-47-45-19-5-7-21-52(45)61(56(43)47)41-15-9-13-37(31-41)39-26-30-54-49(33-39)55-58(63-54)60-50-29-25-40(34-51(50)59-55)38-14-10-16-42(32-38)62-53-22-8-6-20-46(53)48-28-24-36-12-2-4-18-44(36)57(48)62/h1-34H. The van der Waals surface area contributed by atoms with E-state index in [9.17, 15) is 0 Å². The van der Waals surface area contributed by atoms with Crippen molar-refractivity contribution >= 4 is 98.4 Å². The molecule has 0 saturated heterocycles. The second kappa shape index (κ2) is 13.0. The lowest BCUT2D eigenvalue weighted by Crippen LogP contribution is -1.95. The molecule has 0 saturated carbocycles. The summed E-state index contributed by atoms with van der Waals surface area (Å²) in [5.41, 5.74) is 15.1. The van der Waals surface area contributed by atoms with E-state index in [2.05, 4.69) is 209 Å². The van der Waals surface area contributed by atoms with E-state index in [1.165, 1.54) is 65.2 Å². The highest BCUT2D eigenvalue weighted by atomic mass is 16.3. The van der Waals surface area contributed by atoms with Crippen LogP contribution in [0.5, 0.6) is 0 Å². The van der Waals surface area contributed by atoms with E-state index in [1.54, 1.807) is 0 Å². The molecule has 0 aliphatic heterocycles. The van der Waals surface area contributed by atoms with E-state index < -0.39 is 0 Å². The Morgan fingerprint density at radius 2 is 0.857 bits per heavy atom. The van der Waals surface area contributed by atoms with Crippen molar-refractivity contribution in [3.8, 4) is 33.6 Å². The summed E-state index contributed by atoms with van der Waals surface area (Å²) in [6, 6.07) is 74.1. The van der Waals surface area contributed by atoms with Crippen LogP contribution < -0.4 is 0 Å². The molecule has 0 bridgehead atoms. The number of para-hydroxylation sites is 2. The summed E-state index contributed by atoms with van der Waals surface area (Å²) in [6.07, 6.45) is 0. The zero-order chi connectivity index (χ0) is 41.2. The second-order valence-corrected chi connectivity index (χ2v) is 16.6. The first-order chi connectivity index (χ1) is 31.2. The Morgan fingerprint density at radius 1 is 0.333 bits per heavy atom. The van der Waals surface area contributed by atoms with Crippen LogP contribution in [0.1, 0.15) is 0 Å². The highest BCUT2D eigenvalue weighted by Crippen LogP contribution is 2.40. The molecule has 63 heavy (non-hydrogen) atoms. The van der Waals surface area contributed by atoms with Gasteiger partial charge >= 0.3 is 0 Å². The van der Waals surface area contributed by atoms with Crippen molar-refractivity contribution in [1.82, 2.24) is 19.1 Å². The smallest absolute Gasteiger partial charge is 0.246 e. The maximum Gasteiger partial charge on any atom is 0.246 e. The largest absolute Gasteiger partial charge is 0.436 e. The number of hydrogen-bond donors (Lipinski definition) is 0. The van der Waals surface area contributed by atoms with Gasteiger partial charge in [-0.05, 0) is 93.7 Å². The topological polar surface area (TPSA) is 48.8 Å². The average molecular weight is 803 g/mol. The Kier molecular flexibility index (Phi) is 7.05. The van der Waals surface area contributed by atoms with Gasteiger partial charge in [0, 0.05) is 49.1 Å².